The highest BCUT2D eigenvalue weighted by Crippen LogP contribution is 2.41. The molecule has 0 unspecified atom stereocenters. The fourth-order valence-corrected chi connectivity index (χ4v) is 4.97. The Balaban J connectivity index is 1.71. The van der Waals surface area contributed by atoms with E-state index in [4.69, 9.17) is 0 Å². The second kappa shape index (κ2) is 10.1. The summed E-state index contributed by atoms with van der Waals surface area (Å²) in [7, 11) is 0. The molecule has 1 saturated carbocycles. The van der Waals surface area contributed by atoms with E-state index in [2.05, 4.69) is 26.6 Å². The molecular formula is C23H32BrN3O4. The van der Waals surface area contributed by atoms with E-state index in [0.717, 1.165) is 35.7 Å². The lowest BCUT2D eigenvalue weighted by Crippen LogP contribution is -2.56. The van der Waals surface area contributed by atoms with E-state index in [9.17, 15) is 19.5 Å². The van der Waals surface area contributed by atoms with Crippen LogP contribution in [0, 0.1) is 18.8 Å². The van der Waals surface area contributed by atoms with E-state index in [1.54, 1.807) is 19.9 Å². The Labute approximate surface area is 192 Å². The molecule has 1 heterocycles. The molecule has 7 nitrogen and oxygen atoms in total. The average Bonchev–Trinajstić information content (AvgIpc) is 3.32. The molecular weight excluding hydrogens is 462 g/mol. The lowest BCUT2D eigenvalue weighted by molar-refractivity contribution is -0.140. The molecule has 0 radical (unpaired) electrons. The topological polar surface area (TPSA) is 98.7 Å². The van der Waals surface area contributed by atoms with Crippen molar-refractivity contribution in [3.63, 3.8) is 0 Å². The van der Waals surface area contributed by atoms with Gasteiger partial charge < -0.3 is 20.6 Å². The van der Waals surface area contributed by atoms with Crippen LogP contribution in [0.3, 0.4) is 0 Å². The fourth-order valence-electron chi connectivity index (χ4n) is 4.72. The first-order valence-corrected chi connectivity index (χ1v) is 11.8. The van der Waals surface area contributed by atoms with E-state index in [0.29, 0.717) is 18.0 Å². The number of aryl methyl sites for hydroxylation is 1. The van der Waals surface area contributed by atoms with Crippen molar-refractivity contribution in [2.45, 2.75) is 64.6 Å². The first-order chi connectivity index (χ1) is 14.7. The maximum absolute atomic E-state index is 13.3. The molecule has 1 aliphatic carbocycles. The Morgan fingerprint density at radius 2 is 2.00 bits per heavy atom. The molecule has 1 saturated heterocycles. The first-order valence-electron chi connectivity index (χ1n) is 11.0. The monoisotopic (exact) mass is 493 g/mol. The third-order valence-corrected chi connectivity index (χ3v) is 7.33. The van der Waals surface area contributed by atoms with E-state index >= 15 is 0 Å². The summed E-state index contributed by atoms with van der Waals surface area (Å²) in [4.78, 5) is 39.9. The average molecular weight is 494 g/mol. The maximum Gasteiger partial charge on any atom is 0.251 e. The molecule has 0 aromatic heterocycles. The molecule has 0 bridgehead atoms. The molecule has 2 aliphatic rings. The summed E-state index contributed by atoms with van der Waals surface area (Å²) in [5.41, 5.74) is 1.56. The largest absolute Gasteiger partial charge is 0.394 e. The number of likely N-dealkylation sites (tertiary alicyclic amines) is 1. The van der Waals surface area contributed by atoms with Crippen LogP contribution < -0.4 is 10.6 Å². The number of carbonyl (C=O) groups excluding carboxylic acids is 3. The normalized spacial score (nSPS) is 23.5. The van der Waals surface area contributed by atoms with E-state index in [1.165, 1.54) is 0 Å². The van der Waals surface area contributed by atoms with Gasteiger partial charge in [-0.2, -0.15) is 0 Å². The lowest BCUT2D eigenvalue weighted by Gasteiger charge is -2.33. The number of halogens is 1. The van der Waals surface area contributed by atoms with Crippen molar-refractivity contribution < 1.29 is 19.5 Å². The molecule has 31 heavy (non-hydrogen) atoms. The number of benzene rings is 1. The summed E-state index contributed by atoms with van der Waals surface area (Å²) in [5, 5.41) is 15.4. The fraction of sp³-hybridized carbons (Fsp3) is 0.609. The van der Waals surface area contributed by atoms with Crippen molar-refractivity contribution in [2.75, 3.05) is 13.2 Å². The van der Waals surface area contributed by atoms with Gasteiger partial charge in [0.1, 0.15) is 6.04 Å². The van der Waals surface area contributed by atoms with E-state index < -0.39 is 12.6 Å². The van der Waals surface area contributed by atoms with Crippen LogP contribution in [0.1, 0.15) is 55.5 Å². The number of nitrogens with one attached hydrogen (secondary N) is 2. The van der Waals surface area contributed by atoms with Gasteiger partial charge in [-0.15, -0.1) is 0 Å². The Hall–Kier alpha value is -1.93. The van der Waals surface area contributed by atoms with Crippen LogP contribution in [-0.2, 0) is 9.59 Å². The molecule has 1 aromatic carbocycles. The van der Waals surface area contributed by atoms with Crippen LogP contribution >= 0.6 is 15.9 Å². The number of aliphatic hydroxyl groups excluding tert-OH is 1. The SMILES string of the molecule is Cc1cc(C(=O)NC[C@@H]2C[C@@H]3CCC[C@@H]3N2C(=O)[C@H](CO)NC(=O)C(C)C)ccc1Br. The van der Waals surface area contributed by atoms with E-state index in [-0.39, 0.29) is 35.7 Å². The minimum Gasteiger partial charge on any atom is -0.394 e. The van der Waals surface area contributed by atoms with Crippen molar-refractivity contribution in [1.82, 2.24) is 15.5 Å². The van der Waals surface area contributed by atoms with E-state index in [1.807, 2.05) is 24.0 Å². The lowest BCUT2D eigenvalue weighted by atomic mass is 10.0. The highest BCUT2D eigenvalue weighted by molar-refractivity contribution is 9.10. The van der Waals surface area contributed by atoms with Crippen molar-refractivity contribution in [3.05, 3.63) is 33.8 Å². The third kappa shape index (κ3) is 5.29. The zero-order valence-corrected chi connectivity index (χ0v) is 19.9. The van der Waals surface area contributed by atoms with Gasteiger partial charge in [0, 0.05) is 34.6 Å². The summed E-state index contributed by atoms with van der Waals surface area (Å²) in [6.45, 7) is 5.34. The number of amides is 3. The predicted octanol–water partition coefficient (Wildman–Crippen LogP) is 2.39. The molecule has 3 amide bonds. The number of carbonyl (C=O) groups is 3. The summed E-state index contributed by atoms with van der Waals surface area (Å²) in [6.07, 6.45) is 3.88. The van der Waals surface area contributed by atoms with Crippen LogP contribution in [0.15, 0.2) is 22.7 Å². The Bertz CT molecular complexity index is 844. The first kappa shape index (κ1) is 23.7. The third-order valence-electron chi connectivity index (χ3n) is 6.44. The molecule has 170 valence electrons. The van der Waals surface area contributed by atoms with Crippen molar-refractivity contribution in [3.8, 4) is 0 Å². The highest BCUT2D eigenvalue weighted by atomic mass is 79.9. The second-order valence-electron chi connectivity index (χ2n) is 8.97. The van der Waals surface area contributed by atoms with Crippen LogP contribution in [0.25, 0.3) is 0 Å². The van der Waals surface area contributed by atoms with Crippen LogP contribution in [0.2, 0.25) is 0 Å². The molecule has 0 spiro atoms. The molecule has 8 heteroatoms. The smallest absolute Gasteiger partial charge is 0.251 e. The Kier molecular flexibility index (Phi) is 7.75. The van der Waals surface area contributed by atoms with Crippen molar-refractivity contribution >= 4 is 33.7 Å². The van der Waals surface area contributed by atoms with Gasteiger partial charge in [-0.1, -0.05) is 36.2 Å². The predicted molar refractivity (Wildman–Crippen MR) is 121 cm³/mol. The van der Waals surface area contributed by atoms with Gasteiger partial charge in [-0.25, -0.2) is 0 Å². The number of hydrogen-bond acceptors (Lipinski definition) is 4. The zero-order valence-electron chi connectivity index (χ0n) is 18.4. The van der Waals surface area contributed by atoms with Crippen molar-refractivity contribution in [1.29, 1.82) is 0 Å². The summed E-state index contributed by atoms with van der Waals surface area (Å²) in [6, 6.07) is 4.45. The number of fused-ring (bicyclic) bond motifs is 1. The Morgan fingerprint density at radius 3 is 2.65 bits per heavy atom. The number of aliphatic hydroxyl groups is 1. The number of nitrogens with zero attached hydrogens (tertiary/aromatic N) is 1. The molecule has 2 fully saturated rings. The van der Waals surface area contributed by atoms with Gasteiger partial charge in [0.2, 0.25) is 11.8 Å². The van der Waals surface area contributed by atoms with Crippen LogP contribution in [0.5, 0.6) is 0 Å². The summed E-state index contributed by atoms with van der Waals surface area (Å²) >= 11 is 3.44. The summed E-state index contributed by atoms with van der Waals surface area (Å²) in [5.74, 6) is -0.563. The van der Waals surface area contributed by atoms with Crippen molar-refractivity contribution in [2.24, 2.45) is 11.8 Å². The van der Waals surface area contributed by atoms with Gasteiger partial charge in [0.25, 0.3) is 5.91 Å². The van der Waals surface area contributed by atoms with Gasteiger partial charge in [0.15, 0.2) is 0 Å². The van der Waals surface area contributed by atoms with Crippen LogP contribution in [0.4, 0.5) is 0 Å². The maximum atomic E-state index is 13.3. The van der Waals surface area contributed by atoms with Gasteiger partial charge >= 0.3 is 0 Å². The quantitative estimate of drug-likeness (QED) is 0.542. The minimum absolute atomic E-state index is 0.106. The molecule has 4 atom stereocenters. The molecule has 1 aliphatic heterocycles. The standard InChI is InChI=1S/C23H32BrN3O4/c1-13(2)21(29)26-19(12-28)23(31)27-17(10-15-5-4-6-20(15)27)11-25-22(30)16-7-8-18(24)14(3)9-16/h7-9,13,15,17,19-20,28H,4-6,10-12H2,1-3H3,(H,25,30)(H,26,29)/t15-,17-,19-,20-/m0/s1. The zero-order chi connectivity index (χ0) is 22.7. The Morgan fingerprint density at radius 1 is 1.26 bits per heavy atom. The second-order valence-corrected chi connectivity index (χ2v) is 9.82. The number of rotatable bonds is 7. The number of hydrogen-bond donors (Lipinski definition) is 3. The molecule has 1 aromatic rings. The molecule has 3 N–H and O–H groups in total. The van der Waals surface area contributed by atoms with Gasteiger partial charge in [0.05, 0.1) is 6.61 Å². The van der Waals surface area contributed by atoms with Gasteiger partial charge in [-0.3, -0.25) is 14.4 Å². The molecule has 3 rings (SSSR count). The summed E-state index contributed by atoms with van der Waals surface area (Å²) < 4.78 is 0.947. The van der Waals surface area contributed by atoms with Gasteiger partial charge in [-0.05, 0) is 55.9 Å². The van der Waals surface area contributed by atoms with Crippen LogP contribution in [-0.4, -0.2) is 59.0 Å². The highest BCUT2D eigenvalue weighted by Gasteiger charge is 2.47. The minimum atomic E-state index is -0.957.